The van der Waals surface area contributed by atoms with E-state index in [0.717, 1.165) is 11.1 Å². The third kappa shape index (κ3) is 3.65. The molecule has 3 aliphatic heterocycles. The maximum absolute atomic E-state index is 13.2. The zero-order valence-electron chi connectivity index (χ0n) is 18.5. The Balaban J connectivity index is 1.24. The molecule has 1 unspecified atom stereocenters. The molecule has 3 aliphatic rings. The lowest BCUT2D eigenvalue weighted by Crippen LogP contribution is -2.57. The Morgan fingerprint density at radius 3 is 2.67 bits per heavy atom. The number of piperazine rings is 1. The van der Waals surface area contributed by atoms with Crippen LogP contribution in [0.3, 0.4) is 0 Å². The van der Waals surface area contributed by atoms with Crippen LogP contribution in [0, 0.1) is 12.3 Å². The van der Waals surface area contributed by atoms with Gasteiger partial charge in [-0.2, -0.15) is 4.31 Å². The molecule has 33 heavy (non-hydrogen) atoms. The molecule has 0 bridgehead atoms. The van der Waals surface area contributed by atoms with Crippen molar-refractivity contribution in [1.29, 1.82) is 0 Å². The second-order valence-electron chi connectivity index (χ2n) is 8.37. The van der Waals surface area contributed by atoms with Crippen LogP contribution in [0.4, 0.5) is 4.79 Å². The van der Waals surface area contributed by atoms with Gasteiger partial charge in [0.2, 0.25) is 5.88 Å². The molecule has 0 saturated carbocycles. The van der Waals surface area contributed by atoms with Crippen molar-refractivity contribution in [2.75, 3.05) is 39.8 Å². The molecule has 2 aromatic rings. The summed E-state index contributed by atoms with van der Waals surface area (Å²) in [4.78, 5) is 19.7. The van der Waals surface area contributed by atoms with Crippen molar-refractivity contribution in [3.8, 4) is 12.3 Å². The number of aromatic amines is 1. The summed E-state index contributed by atoms with van der Waals surface area (Å²) in [6.07, 6.45) is 6.07. The topological polar surface area (TPSA) is 101 Å². The van der Waals surface area contributed by atoms with Crippen molar-refractivity contribution in [3.05, 3.63) is 41.4 Å². The number of rotatable bonds is 2. The number of carbonyl (C=O) groups is 1. The van der Waals surface area contributed by atoms with Gasteiger partial charge in [0.15, 0.2) is 6.23 Å². The zero-order valence-corrected chi connectivity index (χ0v) is 19.4. The van der Waals surface area contributed by atoms with Gasteiger partial charge in [0, 0.05) is 62.7 Å². The van der Waals surface area contributed by atoms with Gasteiger partial charge in [-0.3, -0.25) is 5.43 Å². The van der Waals surface area contributed by atoms with Crippen molar-refractivity contribution in [3.63, 3.8) is 0 Å². The number of nitrogens with one attached hydrogen (secondary N) is 2. The molecule has 1 saturated heterocycles. The fourth-order valence-corrected chi connectivity index (χ4v) is 5.82. The highest BCUT2D eigenvalue weighted by atomic mass is 32.2. The maximum atomic E-state index is 13.2. The van der Waals surface area contributed by atoms with E-state index in [9.17, 15) is 13.2 Å². The average molecular weight is 471 g/mol. The summed E-state index contributed by atoms with van der Waals surface area (Å²) in [5.74, 6) is 3.17. The summed E-state index contributed by atoms with van der Waals surface area (Å²) in [7, 11) is -1.75. The maximum Gasteiger partial charge on any atom is 0.338 e. The molecular weight excluding hydrogens is 444 g/mol. The quantitative estimate of drug-likeness (QED) is 0.641. The Kier molecular flexibility index (Phi) is 5.14. The van der Waals surface area contributed by atoms with Gasteiger partial charge < -0.3 is 19.5 Å². The Labute approximate surface area is 192 Å². The van der Waals surface area contributed by atoms with Crippen molar-refractivity contribution < 1.29 is 17.9 Å². The smallest absolute Gasteiger partial charge is 0.338 e. The van der Waals surface area contributed by atoms with E-state index in [4.69, 9.17) is 11.2 Å². The van der Waals surface area contributed by atoms with Crippen LogP contribution in [-0.2, 0) is 14.8 Å². The summed E-state index contributed by atoms with van der Waals surface area (Å²) >= 11 is 0. The lowest BCUT2D eigenvalue weighted by molar-refractivity contribution is 0.0466. The molecule has 1 fully saturated rings. The molecular formula is C22H26N6O4S. The number of hydrogen-bond acceptors (Lipinski definition) is 6. The fraction of sp³-hybridized carbons (Fsp3) is 0.409. The number of ether oxygens (including phenoxy) is 1. The zero-order chi connectivity index (χ0) is 23.3. The minimum atomic E-state index is -3.72. The standard InChI is InChI=1S/C22H26N6O4S/c1-4-16-5-6-18-17(13-16)14-20(23-18)33(30,31)27-11-9-26(10-12-27)22(29)28-8-7-19-21(24-28)32-15(2)25(19)3/h1,5-6,13-15,23-24H,7-12H2,2-3H3. The van der Waals surface area contributed by atoms with Gasteiger partial charge in [-0.05, 0) is 31.2 Å². The van der Waals surface area contributed by atoms with Gasteiger partial charge in [0.05, 0.1) is 5.70 Å². The van der Waals surface area contributed by atoms with Gasteiger partial charge >= 0.3 is 6.03 Å². The van der Waals surface area contributed by atoms with E-state index in [1.807, 2.05) is 18.9 Å². The highest BCUT2D eigenvalue weighted by Gasteiger charge is 2.37. The molecule has 1 aromatic carbocycles. The highest BCUT2D eigenvalue weighted by Crippen LogP contribution is 2.29. The molecule has 5 rings (SSSR count). The average Bonchev–Trinajstić information content (AvgIpc) is 3.39. The predicted molar refractivity (Wildman–Crippen MR) is 122 cm³/mol. The van der Waals surface area contributed by atoms with Crippen LogP contribution in [-0.4, -0.2) is 84.5 Å². The van der Waals surface area contributed by atoms with Crippen LogP contribution in [0.1, 0.15) is 18.9 Å². The lowest BCUT2D eigenvalue weighted by atomic mass is 10.2. The minimum Gasteiger partial charge on any atom is -0.453 e. The molecule has 174 valence electrons. The first-order valence-electron chi connectivity index (χ1n) is 10.8. The van der Waals surface area contributed by atoms with Crippen LogP contribution in [0.25, 0.3) is 10.9 Å². The van der Waals surface area contributed by atoms with Crippen LogP contribution >= 0.6 is 0 Å². The van der Waals surface area contributed by atoms with Gasteiger partial charge in [-0.25, -0.2) is 18.2 Å². The summed E-state index contributed by atoms with van der Waals surface area (Å²) < 4.78 is 33.5. The summed E-state index contributed by atoms with van der Waals surface area (Å²) in [6.45, 7) is 3.52. The van der Waals surface area contributed by atoms with E-state index < -0.39 is 10.0 Å². The lowest BCUT2D eigenvalue weighted by Gasteiger charge is -2.38. The molecule has 2 amide bonds. The predicted octanol–water partition coefficient (Wildman–Crippen LogP) is 1.26. The SMILES string of the molecule is C#Cc1ccc2[nH]c(S(=O)(=O)N3CCN(C(=O)N4CCC5=C(N4)OC(C)N5C)CC3)cc2c1. The minimum absolute atomic E-state index is 0.0749. The second-order valence-corrected chi connectivity index (χ2v) is 10.3. The molecule has 10 nitrogen and oxygen atoms in total. The molecule has 11 heteroatoms. The number of nitrogens with zero attached hydrogens (tertiary/aromatic N) is 4. The number of fused-ring (bicyclic) bond motifs is 1. The summed E-state index contributed by atoms with van der Waals surface area (Å²) in [6, 6.07) is 6.74. The number of terminal acetylenes is 1. The number of amides is 2. The molecule has 4 heterocycles. The first kappa shape index (κ1) is 21.5. The third-order valence-corrected chi connectivity index (χ3v) is 8.27. The monoisotopic (exact) mass is 470 g/mol. The van der Waals surface area contributed by atoms with Crippen molar-refractivity contribution in [1.82, 2.24) is 29.5 Å². The number of benzene rings is 1. The molecule has 0 spiro atoms. The van der Waals surface area contributed by atoms with Crippen molar-refractivity contribution in [2.45, 2.75) is 24.6 Å². The molecule has 1 aromatic heterocycles. The Hall–Kier alpha value is -3.36. The van der Waals surface area contributed by atoms with Crippen LogP contribution < -0.4 is 5.43 Å². The number of aromatic nitrogens is 1. The van der Waals surface area contributed by atoms with E-state index >= 15 is 0 Å². The molecule has 0 aliphatic carbocycles. The largest absolute Gasteiger partial charge is 0.453 e. The van der Waals surface area contributed by atoms with Gasteiger partial charge in [0.1, 0.15) is 5.03 Å². The Bertz CT molecular complexity index is 1290. The van der Waals surface area contributed by atoms with E-state index in [0.29, 0.717) is 43.0 Å². The first-order chi connectivity index (χ1) is 15.8. The summed E-state index contributed by atoms with van der Waals surface area (Å²) in [5, 5.41) is 2.41. The van der Waals surface area contributed by atoms with E-state index in [-0.39, 0.29) is 30.4 Å². The van der Waals surface area contributed by atoms with Crippen molar-refractivity contribution >= 4 is 27.0 Å². The van der Waals surface area contributed by atoms with E-state index in [1.165, 1.54) is 9.31 Å². The number of H-pyrrole nitrogens is 1. The first-order valence-corrected chi connectivity index (χ1v) is 12.3. The Morgan fingerprint density at radius 1 is 1.18 bits per heavy atom. The van der Waals surface area contributed by atoms with Crippen LogP contribution in [0.5, 0.6) is 0 Å². The van der Waals surface area contributed by atoms with Gasteiger partial charge in [-0.1, -0.05) is 5.92 Å². The number of hydrazine groups is 1. The van der Waals surface area contributed by atoms with Crippen LogP contribution in [0.2, 0.25) is 0 Å². The number of hydrogen-bond donors (Lipinski definition) is 2. The highest BCUT2D eigenvalue weighted by molar-refractivity contribution is 7.89. The number of carbonyl (C=O) groups excluding carboxylic acids is 1. The number of sulfonamides is 1. The summed E-state index contributed by atoms with van der Waals surface area (Å²) in [5.41, 5.74) is 5.52. The van der Waals surface area contributed by atoms with Crippen LogP contribution in [0.15, 0.2) is 40.9 Å². The van der Waals surface area contributed by atoms with Gasteiger partial charge in [0.25, 0.3) is 10.0 Å². The normalized spacial score (nSPS) is 21.6. The Morgan fingerprint density at radius 2 is 1.94 bits per heavy atom. The fourth-order valence-electron chi connectivity index (χ4n) is 4.38. The van der Waals surface area contributed by atoms with E-state index in [2.05, 4.69) is 16.3 Å². The van der Waals surface area contributed by atoms with Gasteiger partial charge in [-0.15, -0.1) is 6.42 Å². The van der Waals surface area contributed by atoms with Crippen molar-refractivity contribution in [2.24, 2.45) is 0 Å². The molecule has 2 N–H and O–H groups in total. The third-order valence-electron chi connectivity index (χ3n) is 6.45. The second kappa shape index (κ2) is 7.90. The molecule has 1 atom stereocenters. The molecule has 0 radical (unpaired) electrons. The number of urea groups is 1. The van der Waals surface area contributed by atoms with E-state index in [1.54, 1.807) is 29.2 Å².